The van der Waals surface area contributed by atoms with Gasteiger partial charge in [0.2, 0.25) is 5.89 Å². The van der Waals surface area contributed by atoms with Crippen LogP contribution in [-0.2, 0) is 0 Å². The summed E-state index contributed by atoms with van der Waals surface area (Å²) in [6.45, 7) is 0. The van der Waals surface area contributed by atoms with Gasteiger partial charge < -0.3 is 8.83 Å². The van der Waals surface area contributed by atoms with Crippen molar-refractivity contribution >= 4 is 44.6 Å². The van der Waals surface area contributed by atoms with Gasteiger partial charge in [-0.25, -0.2) is 4.98 Å². The molecule has 0 atom stereocenters. The largest absolute Gasteiger partial charge is 0.454 e. The quantitative estimate of drug-likeness (QED) is 0.301. The molecule has 0 fully saturated rings. The molecule has 6 rings (SSSR count). The zero-order valence-corrected chi connectivity index (χ0v) is 16.0. The van der Waals surface area contributed by atoms with Crippen LogP contribution in [0.2, 0.25) is 5.02 Å². The van der Waals surface area contributed by atoms with E-state index in [0.29, 0.717) is 22.1 Å². The number of benzene rings is 4. The van der Waals surface area contributed by atoms with Crippen LogP contribution in [0.3, 0.4) is 0 Å². The topological polar surface area (TPSA) is 39.2 Å². The van der Waals surface area contributed by atoms with Crippen molar-refractivity contribution < 1.29 is 8.83 Å². The summed E-state index contributed by atoms with van der Waals surface area (Å²) in [6, 6.07) is 28.1. The summed E-state index contributed by atoms with van der Waals surface area (Å²) in [5.74, 6) is 0.563. The third-order valence-corrected chi connectivity index (χ3v) is 5.48. The maximum Gasteiger partial charge on any atom is 0.227 e. The molecule has 2 heterocycles. The van der Waals surface area contributed by atoms with Crippen LogP contribution >= 0.6 is 11.6 Å². The van der Waals surface area contributed by atoms with Gasteiger partial charge in [-0.05, 0) is 35.4 Å². The molecular weight excluding hydrogens is 382 g/mol. The number of para-hydroxylation sites is 1. The Hall–Kier alpha value is -3.56. The average Bonchev–Trinajstić information content (AvgIpc) is 3.36. The SMILES string of the molecule is Clc1cc2nc(-c3ccc(-c4ccccc4)cc3)oc2c2c1oc1ccccc12. The first-order valence-corrected chi connectivity index (χ1v) is 9.72. The highest BCUT2D eigenvalue weighted by Crippen LogP contribution is 2.40. The van der Waals surface area contributed by atoms with Gasteiger partial charge in [0, 0.05) is 10.9 Å². The van der Waals surface area contributed by atoms with E-state index in [-0.39, 0.29) is 0 Å². The molecule has 0 unspecified atom stereocenters. The molecule has 0 N–H and O–H groups in total. The second kappa shape index (κ2) is 6.23. The highest BCUT2D eigenvalue weighted by Gasteiger charge is 2.19. The van der Waals surface area contributed by atoms with Crippen LogP contribution < -0.4 is 0 Å². The van der Waals surface area contributed by atoms with E-state index in [2.05, 4.69) is 29.2 Å². The minimum absolute atomic E-state index is 0.531. The summed E-state index contributed by atoms with van der Waals surface area (Å²) >= 11 is 6.48. The van der Waals surface area contributed by atoms with Gasteiger partial charge in [0.25, 0.3) is 0 Å². The average molecular weight is 396 g/mol. The maximum absolute atomic E-state index is 6.48. The molecule has 0 radical (unpaired) electrons. The van der Waals surface area contributed by atoms with Gasteiger partial charge in [0.15, 0.2) is 11.2 Å². The molecule has 4 heteroatoms. The van der Waals surface area contributed by atoms with E-state index in [1.807, 2.05) is 54.6 Å². The first-order valence-electron chi connectivity index (χ1n) is 9.34. The third kappa shape index (κ3) is 2.55. The van der Waals surface area contributed by atoms with Crippen molar-refractivity contribution in [2.45, 2.75) is 0 Å². The number of fused-ring (bicyclic) bond motifs is 5. The van der Waals surface area contributed by atoms with Gasteiger partial charge in [-0.1, -0.05) is 72.3 Å². The molecular formula is C25H14ClNO2. The normalized spacial score (nSPS) is 11.6. The number of halogens is 1. The van der Waals surface area contributed by atoms with Gasteiger partial charge in [0.05, 0.1) is 10.4 Å². The standard InChI is InChI=1S/C25H14ClNO2/c26-19-14-20-24(22-18-8-4-5-9-21(18)28-23(19)22)29-25(27-20)17-12-10-16(11-13-17)15-6-2-1-3-7-15/h1-14H. The molecule has 0 saturated carbocycles. The van der Waals surface area contributed by atoms with Crippen LogP contribution in [0, 0.1) is 0 Å². The predicted octanol–water partition coefficient (Wildman–Crippen LogP) is 7.71. The van der Waals surface area contributed by atoms with Crippen molar-refractivity contribution in [2.24, 2.45) is 0 Å². The smallest absolute Gasteiger partial charge is 0.227 e. The number of hydrogen-bond acceptors (Lipinski definition) is 3. The summed E-state index contributed by atoms with van der Waals surface area (Å²) in [4.78, 5) is 4.69. The van der Waals surface area contributed by atoms with Crippen molar-refractivity contribution in [3.05, 3.63) is 90.0 Å². The Morgan fingerprint density at radius 2 is 1.34 bits per heavy atom. The molecule has 0 saturated heterocycles. The molecule has 0 aliphatic heterocycles. The highest BCUT2D eigenvalue weighted by molar-refractivity contribution is 6.38. The lowest BCUT2D eigenvalue weighted by atomic mass is 10.0. The fourth-order valence-corrected chi connectivity index (χ4v) is 4.03. The molecule has 0 aliphatic carbocycles. The highest BCUT2D eigenvalue weighted by atomic mass is 35.5. The van der Waals surface area contributed by atoms with Crippen molar-refractivity contribution in [3.8, 4) is 22.6 Å². The lowest BCUT2D eigenvalue weighted by molar-refractivity contribution is 0.622. The van der Waals surface area contributed by atoms with Crippen LogP contribution in [-0.4, -0.2) is 4.98 Å². The summed E-state index contributed by atoms with van der Waals surface area (Å²) in [6.07, 6.45) is 0. The van der Waals surface area contributed by atoms with Crippen molar-refractivity contribution in [1.29, 1.82) is 0 Å². The third-order valence-electron chi connectivity index (χ3n) is 5.20. The fraction of sp³-hybridized carbons (Fsp3) is 0. The Balaban J connectivity index is 1.53. The van der Waals surface area contributed by atoms with Crippen LogP contribution in [0.5, 0.6) is 0 Å². The summed E-state index contributed by atoms with van der Waals surface area (Å²) in [7, 11) is 0. The number of oxazole rings is 1. The summed E-state index contributed by atoms with van der Waals surface area (Å²) in [5.41, 5.74) is 6.06. The molecule has 2 aromatic heterocycles. The lowest BCUT2D eigenvalue weighted by Crippen LogP contribution is -1.80. The lowest BCUT2D eigenvalue weighted by Gasteiger charge is -2.02. The number of aromatic nitrogens is 1. The van der Waals surface area contributed by atoms with Gasteiger partial charge in [0.1, 0.15) is 11.1 Å². The van der Waals surface area contributed by atoms with Gasteiger partial charge in [-0.15, -0.1) is 0 Å². The van der Waals surface area contributed by atoms with E-state index in [0.717, 1.165) is 33.0 Å². The van der Waals surface area contributed by atoms with Crippen LogP contribution in [0.1, 0.15) is 0 Å². The van der Waals surface area contributed by atoms with Gasteiger partial charge >= 0.3 is 0 Å². The minimum Gasteiger partial charge on any atom is -0.454 e. The van der Waals surface area contributed by atoms with Crippen molar-refractivity contribution in [1.82, 2.24) is 4.98 Å². The minimum atomic E-state index is 0.531. The Morgan fingerprint density at radius 3 is 2.17 bits per heavy atom. The number of rotatable bonds is 2. The Bertz CT molecular complexity index is 1500. The second-order valence-corrected chi connectivity index (χ2v) is 7.38. The van der Waals surface area contributed by atoms with E-state index in [4.69, 9.17) is 20.4 Å². The molecule has 0 spiro atoms. The maximum atomic E-state index is 6.48. The monoisotopic (exact) mass is 395 g/mol. The number of nitrogens with zero attached hydrogens (tertiary/aromatic N) is 1. The van der Waals surface area contributed by atoms with Crippen molar-refractivity contribution in [3.63, 3.8) is 0 Å². The first kappa shape index (κ1) is 16.4. The molecule has 3 nitrogen and oxygen atoms in total. The van der Waals surface area contributed by atoms with E-state index >= 15 is 0 Å². The predicted molar refractivity (Wildman–Crippen MR) is 117 cm³/mol. The molecule has 138 valence electrons. The van der Waals surface area contributed by atoms with Crippen LogP contribution in [0.15, 0.2) is 93.8 Å². The van der Waals surface area contributed by atoms with Crippen LogP contribution in [0.4, 0.5) is 0 Å². The molecule has 0 bridgehead atoms. The summed E-state index contributed by atoms with van der Waals surface area (Å²) in [5, 5.41) is 2.36. The number of furan rings is 1. The molecule has 0 aliphatic rings. The Labute approximate surface area is 171 Å². The molecule has 0 amide bonds. The van der Waals surface area contributed by atoms with Crippen LogP contribution in [0.25, 0.3) is 55.6 Å². The Morgan fingerprint density at radius 1 is 0.655 bits per heavy atom. The molecule has 4 aromatic carbocycles. The van der Waals surface area contributed by atoms with E-state index in [9.17, 15) is 0 Å². The molecule has 29 heavy (non-hydrogen) atoms. The Kier molecular flexibility index (Phi) is 3.52. The fourth-order valence-electron chi connectivity index (χ4n) is 3.79. The first-order chi connectivity index (χ1) is 14.3. The van der Waals surface area contributed by atoms with E-state index < -0.39 is 0 Å². The van der Waals surface area contributed by atoms with E-state index in [1.54, 1.807) is 6.07 Å². The molecule has 6 aromatic rings. The van der Waals surface area contributed by atoms with E-state index in [1.165, 1.54) is 5.56 Å². The zero-order valence-electron chi connectivity index (χ0n) is 15.2. The number of hydrogen-bond donors (Lipinski definition) is 0. The van der Waals surface area contributed by atoms with Gasteiger partial charge in [-0.2, -0.15) is 0 Å². The van der Waals surface area contributed by atoms with Crippen molar-refractivity contribution in [2.75, 3.05) is 0 Å². The zero-order chi connectivity index (χ0) is 19.4. The summed E-state index contributed by atoms with van der Waals surface area (Å²) < 4.78 is 12.2. The van der Waals surface area contributed by atoms with Gasteiger partial charge in [-0.3, -0.25) is 0 Å². The second-order valence-electron chi connectivity index (χ2n) is 6.97.